The number of hydrogen-bond donors (Lipinski definition) is 0. The van der Waals surface area contributed by atoms with Gasteiger partial charge < -0.3 is 4.74 Å². The van der Waals surface area contributed by atoms with Crippen LogP contribution < -0.4 is 0 Å². The van der Waals surface area contributed by atoms with Crippen LogP contribution in [0.15, 0.2) is 22.5 Å². The normalized spacial score (nSPS) is 19.0. The summed E-state index contributed by atoms with van der Waals surface area (Å²) in [6, 6.07) is 3.19. The predicted octanol–water partition coefficient (Wildman–Crippen LogP) is 3.60. The van der Waals surface area contributed by atoms with Crippen molar-refractivity contribution in [1.82, 2.24) is 14.3 Å². The van der Waals surface area contributed by atoms with E-state index in [2.05, 4.69) is 9.97 Å². The van der Waals surface area contributed by atoms with Gasteiger partial charge in [0.05, 0.1) is 16.6 Å². The van der Waals surface area contributed by atoms with Crippen LogP contribution in [0.5, 0.6) is 0 Å². The molecule has 1 saturated heterocycles. The van der Waals surface area contributed by atoms with Crippen molar-refractivity contribution in [1.29, 1.82) is 0 Å². The molecule has 0 aromatic carbocycles. The molecule has 1 aliphatic heterocycles. The van der Waals surface area contributed by atoms with E-state index in [4.69, 9.17) is 16.3 Å². The monoisotopic (exact) mass is 415 g/mol. The predicted molar refractivity (Wildman–Crippen MR) is 102 cm³/mol. The van der Waals surface area contributed by atoms with Crippen molar-refractivity contribution in [3.8, 4) is 0 Å². The molecule has 3 rings (SSSR count). The van der Waals surface area contributed by atoms with E-state index in [1.54, 1.807) is 22.6 Å². The molecule has 6 nitrogen and oxygen atoms in total. The Labute approximate surface area is 163 Å². The van der Waals surface area contributed by atoms with Crippen molar-refractivity contribution in [3.63, 3.8) is 0 Å². The summed E-state index contributed by atoms with van der Waals surface area (Å²) in [6.07, 6.45) is 3.48. The molecule has 9 heteroatoms. The van der Waals surface area contributed by atoms with Gasteiger partial charge in [-0.05, 0) is 38.8 Å². The van der Waals surface area contributed by atoms with Gasteiger partial charge in [0.25, 0.3) is 10.0 Å². The van der Waals surface area contributed by atoms with E-state index in [0.29, 0.717) is 36.5 Å². The van der Waals surface area contributed by atoms with Crippen LogP contribution in [-0.2, 0) is 21.4 Å². The Bertz CT molecular complexity index is 870. The fraction of sp³-hybridized carbons (Fsp3) is 0.529. The van der Waals surface area contributed by atoms with Gasteiger partial charge in [0.2, 0.25) is 0 Å². The molecule has 1 fully saturated rings. The Morgan fingerprint density at radius 3 is 2.92 bits per heavy atom. The van der Waals surface area contributed by atoms with Gasteiger partial charge in [-0.1, -0.05) is 11.6 Å². The lowest BCUT2D eigenvalue weighted by atomic mass is 9.93. The molecule has 0 radical (unpaired) electrons. The summed E-state index contributed by atoms with van der Waals surface area (Å²) in [5, 5.41) is 0. The molecular formula is C17H22ClN3O3S2. The van der Waals surface area contributed by atoms with E-state index < -0.39 is 10.0 Å². The molecule has 0 saturated carbocycles. The van der Waals surface area contributed by atoms with Crippen molar-refractivity contribution in [2.24, 2.45) is 0 Å². The van der Waals surface area contributed by atoms with E-state index in [1.165, 1.54) is 0 Å². The maximum Gasteiger partial charge on any atom is 0.252 e. The van der Waals surface area contributed by atoms with Crippen molar-refractivity contribution in [3.05, 3.63) is 39.7 Å². The van der Waals surface area contributed by atoms with Crippen LogP contribution in [0.3, 0.4) is 0 Å². The van der Waals surface area contributed by atoms with Gasteiger partial charge in [0.1, 0.15) is 10.0 Å². The van der Waals surface area contributed by atoms with Crippen molar-refractivity contribution in [2.75, 3.05) is 19.7 Å². The molecule has 0 amide bonds. The van der Waals surface area contributed by atoms with Crippen molar-refractivity contribution < 1.29 is 13.2 Å². The summed E-state index contributed by atoms with van der Waals surface area (Å²) in [5.74, 6) is 0.719. The number of sulfonamides is 1. The third-order valence-electron chi connectivity index (χ3n) is 4.39. The van der Waals surface area contributed by atoms with Gasteiger partial charge in [0.15, 0.2) is 0 Å². The number of piperidine rings is 1. The van der Waals surface area contributed by atoms with Gasteiger partial charge in [-0.3, -0.25) is 0 Å². The first-order valence-electron chi connectivity index (χ1n) is 8.57. The van der Waals surface area contributed by atoms with Crippen LogP contribution in [0.25, 0.3) is 0 Å². The summed E-state index contributed by atoms with van der Waals surface area (Å²) >= 11 is 7.01. The molecule has 2 aromatic rings. The fourth-order valence-electron chi connectivity index (χ4n) is 3.14. The first kappa shape index (κ1) is 19.7. The zero-order valence-corrected chi connectivity index (χ0v) is 17.2. The van der Waals surface area contributed by atoms with Crippen LogP contribution in [0.4, 0.5) is 0 Å². The van der Waals surface area contributed by atoms with Crippen molar-refractivity contribution in [2.45, 2.75) is 43.4 Å². The highest BCUT2D eigenvalue weighted by Crippen LogP contribution is 2.34. The van der Waals surface area contributed by atoms with Gasteiger partial charge in [0, 0.05) is 37.4 Å². The summed E-state index contributed by atoms with van der Waals surface area (Å²) in [5.41, 5.74) is 1.83. The van der Waals surface area contributed by atoms with Crippen LogP contribution in [0.1, 0.15) is 42.8 Å². The van der Waals surface area contributed by atoms with E-state index in [0.717, 1.165) is 35.4 Å². The lowest BCUT2D eigenvalue weighted by Crippen LogP contribution is -2.39. The Balaban J connectivity index is 1.86. The summed E-state index contributed by atoms with van der Waals surface area (Å²) in [6.45, 7) is 5.76. The van der Waals surface area contributed by atoms with Crippen molar-refractivity contribution >= 4 is 33.0 Å². The highest BCUT2D eigenvalue weighted by molar-refractivity contribution is 7.91. The molecule has 2 aromatic heterocycles. The SMILES string of the molecule is CCOCc1cnc(C)nc1C1CCCN(S(=O)(=O)c2ccc(Cl)s2)C1. The van der Waals surface area contributed by atoms with Crippen LogP contribution in [0, 0.1) is 6.92 Å². The first-order chi connectivity index (χ1) is 12.4. The zero-order valence-electron chi connectivity index (χ0n) is 14.8. The van der Waals surface area contributed by atoms with Crippen LogP contribution >= 0.6 is 22.9 Å². The second-order valence-electron chi connectivity index (χ2n) is 6.23. The van der Waals surface area contributed by atoms with E-state index in [-0.39, 0.29) is 10.1 Å². The molecular weight excluding hydrogens is 394 g/mol. The summed E-state index contributed by atoms with van der Waals surface area (Å²) in [4.78, 5) is 8.88. The third-order valence-corrected chi connectivity index (χ3v) is 7.96. The maximum atomic E-state index is 12.9. The molecule has 142 valence electrons. The third kappa shape index (κ3) is 4.26. The standard InChI is InChI=1S/C17H22ClN3O3S2/c1-3-24-11-14-9-19-12(2)20-17(14)13-5-4-8-21(10-13)26(22,23)16-7-6-15(18)25-16/h6-7,9,13H,3-5,8,10-11H2,1-2H3. The first-order valence-corrected chi connectivity index (χ1v) is 11.2. The fourth-order valence-corrected chi connectivity index (χ4v) is 6.30. The summed E-state index contributed by atoms with van der Waals surface area (Å²) in [7, 11) is -3.53. The van der Waals surface area contributed by atoms with Gasteiger partial charge in [-0.25, -0.2) is 18.4 Å². The number of hydrogen-bond acceptors (Lipinski definition) is 6. The smallest absolute Gasteiger partial charge is 0.252 e. The second kappa shape index (κ2) is 8.31. The molecule has 3 heterocycles. The molecule has 1 atom stereocenters. The largest absolute Gasteiger partial charge is 0.377 e. The highest BCUT2D eigenvalue weighted by atomic mass is 35.5. The lowest BCUT2D eigenvalue weighted by molar-refractivity contribution is 0.132. The number of aryl methyl sites for hydroxylation is 1. The average molecular weight is 416 g/mol. The highest BCUT2D eigenvalue weighted by Gasteiger charge is 2.33. The minimum Gasteiger partial charge on any atom is -0.377 e. The second-order valence-corrected chi connectivity index (χ2v) is 10.1. The summed E-state index contributed by atoms with van der Waals surface area (Å²) < 4.78 is 33.7. The molecule has 1 unspecified atom stereocenters. The van der Waals surface area contributed by atoms with Crippen LogP contribution in [0.2, 0.25) is 4.34 Å². The Hall–Kier alpha value is -1.06. The lowest BCUT2D eigenvalue weighted by Gasteiger charge is -2.32. The maximum absolute atomic E-state index is 12.9. The minimum atomic E-state index is -3.53. The van der Waals surface area contributed by atoms with E-state index in [1.807, 2.05) is 13.8 Å². The Morgan fingerprint density at radius 1 is 1.42 bits per heavy atom. The Morgan fingerprint density at radius 2 is 2.23 bits per heavy atom. The molecule has 0 aliphatic carbocycles. The molecule has 0 spiro atoms. The number of ether oxygens (including phenoxy) is 1. The molecule has 26 heavy (non-hydrogen) atoms. The van der Waals surface area contributed by atoms with Crippen LogP contribution in [-0.4, -0.2) is 42.4 Å². The number of halogens is 1. The Kier molecular flexibility index (Phi) is 6.29. The molecule has 0 N–H and O–H groups in total. The number of rotatable bonds is 6. The van der Waals surface area contributed by atoms with E-state index in [9.17, 15) is 8.42 Å². The zero-order chi connectivity index (χ0) is 18.7. The van der Waals surface area contributed by atoms with Gasteiger partial charge in [-0.15, -0.1) is 11.3 Å². The van der Waals surface area contributed by atoms with E-state index >= 15 is 0 Å². The number of nitrogens with zero attached hydrogens (tertiary/aromatic N) is 3. The quantitative estimate of drug-likeness (QED) is 0.720. The average Bonchev–Trinajstić information content (AvgIpc) is 3.08. The number of aromatic nitrogens is 2. The van der Waals surface area contributed by atoms with Gasteiger partial charge >= 0.3 is 0 Å². The number of thiophene rings is 1. The topological polar surface area (TPSA) is 72.4 Å². The molecule has 0 bridgehead atoms. The molecule has 1 aliphatic rings. The van der Waals surface area contributed by atoms with Gasteiger partial charge in [-0.2, -0.15) is 4.31 Å². The minimum absolute atomic E-state index is 0.0334.